The highest BCUT2D eigenvalue weighted by molar-refractivity contribution is 9.10. The zero-order valence-electron chi connectivity index (χ0n) is 15.4. The van der Waals surface area contributed by atoms with Crippen molar-refractivity contribution in [1.29, 1.82) is 0 Å². The van der Waals surface area contributed by atoms with Crippen LogP contribution in [0.15, 0.2) is 83.3 Å². The molecule has 0 spiro atoms. The Morgan fingerprint density at radius 2 is 1.61 bits per heavy atom. The minimum atomic E-state index is -0.166. The standard InChI is InChI=1S/C22H20BrN3O2/c1-26(20-8-3-2-4-9-20)22(28)16-10-12-18(13-11-16)25-21(27)15-24-19-7-5-6-17(23)14-19/h2-14,24H,15H2,1H3,(H,25,27). The fourth-order valence-electron chi connectivity index (χ4n) is 2.64. The molecule has 2 N–H and O–H groups in total. The molecule has 2 amide bonds. The molecule has 0 heterocycles. The molecule has 0 saturated heterocycles. The number of rotatable bonds is 6. The first-order chi connectivity index (χ1) is 13.5. The van der Waals surface area contributed by atoms with Gasteiger partial charge < -0.3 is 15.5 Å². The maximum atomic E-state index is 12.6. The van der Waals surface area contributed by atoms with Gasteiger partial charge in [-0.15, -0.1) is 0 Å². The number of anilines is 3. The molecule has 0 aromatic heterocycles. The summed E-state index contributed by atoms with van der Waals surface area (Å²) in [7, 11) is 1.74. The van der Waals surface area contributed by atoms with Gasteiger partial charge in [0.25, 0.3) is 5.91 Å². The van der Waals surface area contributed by atoms with Crippen LogP contribution in [0.25, 0.3) is 0 Å². The van der Waals surface area contributed by atoms with Crippen molar-refractivity contribution >= 4 is 44.8 Å². The van der Waals surface area contributed by atoms with Crippen LogP contribution in [0.2, 0.25) is 0 Å². The third-order valence-corrected chi connectivity index (χ3v) is 4.63. The van der Waals surface area contributed by atoms with E-state index in [1.54, 1.807) is 36.2 Å². The first-order valence-electron chi connectivity index (χ1n) is 8.75. The normalized spacial score (nSPS) is 10.2. The average Bonchev–Trinajstić information content (AvgIpc) is 2.72. The van der Waals surface area contributed by atoms with E-state index in [1.807, 2.05) is 54.6 Å². The zero-order valence-corrected chi connectivity index (χ0v) is 16.9. The van der Waals surface area contributed by atoms with Crippen LogP contribution in [-0.4, -0.2) is 25.4 Å². The molecule has 0 aliphatic heterocycles. The van der Waals surface area contributed by atoms with Gasteiger partial charge in [-0.1, -0.05) is 40.2 Å². The second-order valence-corrected chi connectivity index (χ2v) is 7.10. The van der Waals surface area contributed by atoms with Crippen molar-refractivity contribution in [1.82, 2.24) is 0 Å². The van der Waals surface area contributed by atoms with Gasteiger partial charge in [-0.05, 0) is 54.6 Å². The van der Waals surface area contributed by atoms with Gasteiger partial charge in [-0.2, -0.15) is 0 Å². The molecular weight excluding hydrogens is 418 g/mol. The van der Waals surface area contributed by atoms with Crippen LogP contribution in [-0.2, 0) is 4.79 Å². The summed E-state index contributed by atoms with van der Waals surface area (Å²) in [6, 6.07) is 23.9. The van der Waals surface area contributed by atoms with E-state index in [9.17, 15) is 9.59 Å². The Morgan fingerprint density at radius 1 is 0.893 bits per heavy atom. The fourth-order valence-corrected chi connectivity index (χ4v) is 3.04. The second kappa shape index (κ2) is 9.19. The Labute approximate surface area is 172 Å². The molecular formula is C22H20BrN3O2. The molecule has 3 aromatic carbocycles. The average molecular weight is 438 g/mol. The predicted molar refractivity (Wildman–Crippen MR) is 117 cm³/mol. The van der Waals surface area contributed by atoms with E-state index in [4.69, 9.17) is 0 Å². The molecule has 0 fully saturated rings. The second-order valence-electron chi connectivity index (χ2n) is 6.19. The summed E-state index contributed by atoms with van der Waals surface area (Å²) < 4.78 is 0.943. The summed E-state index contributed by atoms with van der Waals surface area (Å²) >= 11 is 3.39. The van der Waals surface area contributed by atoms with E-state index >= 15 is 0 Å². The number of carbonyl (C=O) groups is 2. The van der Waals surface area contributed by atoms with Gasteiger partial charge in [0.2, 0.25) is 5.91 Å². The minimum Gasteiger partial charge on any atom is -0.376 e. The number of carbonyl (C=O) groups excluding carboxylic acids is 2. The summed E-state index contributed by atoms with van der Waals surface area (Å²) in [6.45, 7) is 0.147. The van der Waals surface area contributed by atoms with Gasteiger partial charge in [0, 0.05) is 34.1 Å². The quantitative estimate of drug-likeness (QED) is 0.583. The van der Waals surface area contributed by atoms with Crippen LogP contribution >= 0.6 is 15.9 Å². The van der Waals surface area contributed by atoms with Crippen LogP contribution < -0.4 is 15.5 Å². The summed E-state index contributed by atoms with van der Waals surface area (Å²) in [4.78, 5) is 26.3. The number of nitrogens with one attached hydrogen (secondary N) is 2. The van der Waals surface area contributed by atoms with E-state index in [-0.39, 0.29) is 18.4 Å². The van der Waals surface area contributed by atoms with Gasteiger partial charge in [0.05, 0.1) is 6.54 Å². The summed E-state index contributed by atoms with van der Waals surface area (Å²) in [5.74, 6) is -0.277. The number of benzene rings is 3. The Balaban J connectivity index is 1.56. The molecule has 0 saturated carbocycles. The van der Waals surface area contributed by atoms with E-state index in [1.165, 1.54) is 0 Å². The van der Waals surface area contributed by atoms with E-state index in [0.29, 0.717) is 11.3 Å². The van der Waals surface area contributed by atoms with Gasteiger partial charge in [-0.3, -0.25) is 9.59 Å². The summed E-state index contributed by atoms with van der Waals surface area (Å²) in [5, 5.41) is 5.88. The molecule has 3 aromatic rings. The lowest BCUT2D eigenvalue weighted by atomic mass is 10.1. The van der Waals surface area contributed by atoms with E-state index in [2.05, 4.69) is 26.6 Å². The highest BCUT2D eigenvalue weighted by atomic mass is 79.9. The number of nitrogens with zero attached hydrogens (tertiary/aromatic N) is 1. The lowest BCUT2D eigenvalue weighted by molar-refractivity contribution is -0.114. The summed E-state index contributed by atoms with van der Waals surface area (Å²) in [5.41, 5.74) is 2.87. The Morgan fingerprint density at radius 3 is 2.29 bits per heavy atom. The van der Waals surface area contributed by atoms with Crippen LogP contribution in [0.3, 0.4) is 0 Å². The maximum absolute atomic E-state index is 12.6. The van der Waals surface area contributed by atoms with Crippen LogP contribution in [0.5, 0.6) is 0 Å². The molecule has 0 aliphatic rings. The minimum absolute atomic E-state index is 0.111. The van der Waals surface area contributed by atoms with Crippen LogP contribution in [0, 0.1) is 0 Å². The fraction of sp³-hybridized carbons (Fsp3) is 0.0909. The van der Waals surface area contributed by atoms with Crippen molar-refractivity contribution in [2.75, 3.05) is 29.1 Å². The Bertz CT molecular complexity index is 959. The highest BCUT2D eigenvalue weighted by Gasteiger charge is 2.13. The Kier molecular flexibility index (Phi) is 6.45. The molecule has 142 valence electrons. The SMILES string of the molecule is CN(C(=O)c1ccc(NC(=O)CNc2cccc(Br)c2)cc1)c1ccccc1. The van der Waals surface area contributed by atoms with Crippen LogP contribution in [0.1, 0.15) is 10.4 Å². The largest absolute Gasteiger partial charge is 0.376 e. The van der Waals surface area contributed by atoms with Gasteiger partial charge in [0.1, 0.15) is 0 Å². The number of halogens is 1. The smallest absolute Gasteiger partial charge is 0.258 e. The van der Waals surface area contributed by atoms with Gasteiger partial charge in [0.15, 0.2) is 0 Å². The number of hydrogen-bond acceptors (Lipinski definition) is 3. The Hall–Kier alpha value is -3.12. The number of para-hydroxylation sites is 1. The lowest BCUT2D eigenvalue weighted by Crippen LogP contribution is -2.26. The first-order valence-corrected chi connectivity index (χ1v) is 9.55. The molecule has 0 bridgehead atoms. The van der Waals surface area contributed by atoms with Crippen molar-refractivity contribution in [2.45, 2.75) is 0 Å². The molecule has 0 aliphatic carbocycles. The van der Waals surface area contributed by atoms with Crippen molar-refractivity contribution < 1.29 is 9.59 Å². The molecule has 0 unspecified atom stereocenters. The van der Waals surface area contributed by atoms with Crippen molar-refractivity contribution in [3.63, 3.8) is 0 Å². The van der Waals surface area contributed by atoms with Crippen molar-refractivity contribution in [3.05, 3.63) is 88.9 Å². The topological polar surface area (TPSA) is 61.4 Å². The predicted octanol–water partition coefficient (Wildman–Crippen LogP) is 4.78. The number of hydrogen-bond donors (Lipinski definition) is 2. The summed E-state index contributed by atoms with van der Waals surface area (Å²) in [6.07, 6.45) is 0. The third-order valence-electron chi connectivity index (χ3n) is 4.14. The zero-order chi connectivity index (χ0) is 19.9. The molecule has 0 radical (unpaired) electrons. The van der Waals surface area contributed by atoms with Crippen molar-refractivity contribution in [2.24, 2.45) is 0 Å². The van der Waals surface area contributed by atoms with Crippen LogP contribution in [0.4, 0.5) is 17.1 Å². The van der Waals surface area contributed by atoms with E-state index < -0.39 is 0 Å². The first kappa shape index (κ1) is 19.6. The van der Waals surface area contributed by atoms with Gasteiger partial charge in [-0.25, -0.2) is 0 Å². The third kappa shape index (κ3) is 5.20. The van der Waals surface area contributed by atoms with Gasteiger partial charge >= 0.3 is 0 Å². The molecule has 0 atom stereocenters. The molecule has 28 heavy (non-hydrogen) atoms. The monoisotopic (exact) mass is 437 g/mol. The molecule has 5 nitrogen and oxygen atoms in total. The number of amides is 2. The van der Waals surface area contributed by atoms with E-state index in [0.717, 1.165) is 15.8 Å². The maximum Gasteiger partial charge on any atom is 0.258 e. The van der Waals surface area contributed by atoms with Crippen molar-refractivity contribution in [3.8, 4) is 0 Å². The highest BCUT2D eigenvalue weighted by Crippen LogP contribution is 2.17. The lowest BCUT2D eigenvalue weighted by Gasteiger charge is -2.17. The molecule has 6 heteroatoms. The molecule has 3 rings (SSSR count).